The first-order chi connectivity index (χ1) is 10.1. The van der Waals surface area contributed by atoms with E-state index in [0.29, 0.717) is 5.88 Å². The van der Waals surface area contributed by atoms with Crippen molar-refractivity contribution in [3.8, 4) is 0 Å². The monoisotopic (exact) mass is 319 g/mol. The van der Waals surface area contributed by atoms with Gasteiger partial charge in [0, 0.05) is 27.9 Å². The third kappa shape index (κ3) is 2.83. The van der Waals surface area contributed by atoms with Crippen molar-refractivity contribution >= 4 is 34.1 Å². The molecule has 3 rings (SSSR count). The second kappa shape index (κ2) is 5.78. The summed E-state index contributed by atoms with van der Waals surface area (Å²) in [5, 5.41) is 0. The van der Waals surface area contributed by atoms with E-state index in [2.05, 4.69) is 40.5 Å². The van der Waals surface area contributed by atoms with Crippen molar-refractivity contribution in [3.63, 3.8) is 0 Å². The zero-order valence-electron chi connectivity index (χ0n) is 12.4. The smallest absolute Gasteiger partial charge is 0.160 e. The lowest BCUT2D eigenvalue weighted by Gasteiger charge is -2.15. The Labute approximate surface area is 133 Å². The largest absolute Gasteiger partial charge is 0.308 e. The molecule has 21 heavy (non-hydrogen) atoms. The molecular formula is C16H18ClN3S. The Morgan fingerprint density at radius 1 is 1.19 bits per heavy atom. The van der Waals surface area contributed by atoms with Gasteiger partial charge in [0.25, 0.3) is 0 Å². The van der Waals surface area contributed by atoms with Crippen LogP contribution in [-0.2, 0) is 12.3 Å². The number of hydrogen-bond donors (Lipinski definition) is 0. The van der Waals surface area contributed by atoms with Gasteiger partial charge in [0.1, 0.15) is 11.3 Å². The number of hydrogen-bond acceptors (Lipinski definition) is 3. The highest BCUT2D eigenvalue weighted by molar-refractivity contribution is 7.11. The van der Waals surface area contributed by atoms with E-state index in [1.54, 1.807) is 0 Å². The summed E-state index contributed by atoms with van der Waals surface area (Å²) in [6, 6.07) is 8.67. The Morgan fingerprint density at radius 3 is 2.67 bits per heavy atom. The van der Waals surface area contributed by atoms with Crippen LogP contribution in [0.3, 0.4) is 0 Å². The van der Waals surface area contributed by atoms with Crippen LogP contribution < -0.4 is 0 Å². The van der Waals surface area contributed by atoms with Crippen LogP contribution in [0.2, 0.25) is 0 Å². The molecule has 0 bridgehead atoms. The molecule has 110 valence electrons. The van der Waals surface area contributed by atoms with Crippen molar-refractivity contribution in [2.75, 3.05) is 0 Å². The molecule has 0 spiro atoms. The summed E-state index contributed by atoms with van der Waals surface area (Å²) in [5.74, 6) is 1.30. The zero-order chi connectivity index (χ0) is 15.0. The van der Waals surface area contributed by atoms with Crippen LogP contribution in [0.4, 0.5) is 0 Å². The second-order valence-corrected chi connectivity index (χ2v) is 7.03. The van der Waals surface area contributed by atoms with E-state index in [4.69, 9.17) is 11.6 Å². The number of thiophene rings is 1. The molecule has 3 aromatic heterocycles. The minimum absolute atomic E-state index is 0.288. The first kappa shape index (κ1) is 14.5. The second-order valence-electron chi connectivity index (χ2n) is 5.39. The van der Waals surface area contributed by atoms with E-state index in [1.807, 2.05) is 30.4 Å². The molecule has 1 unspecified atom stereocenters. The first-order valence-corrected chi connectivity index (χ1v) is 8.39. The molecular weight excluding hydrogens is 302 g/mol. The lowest BCUT2D eigenvalue weighted by molar-refractivity contribution is 0.543. The van der Waals surface area contributed by atoms with Crippen molar-refractivity contribution in [1.82, 2.24) is 14.5 Å². The summed E-state index contributed by atoms with van der Waals surface area (Å²) in [5.41, 5.74) is 2.86. The highest BCUT2D eigenvalue weighted by atomic mass is 35.5. The molecule has 1 atom stereocenters. The van der Waals surface area contributed by atoms with Gasteiger partial charge in [0.05, 0.1) is 5.88 Å². The van der Waals surface area contributed by atoms with Crippen LogP contribution >= 0.6 is 22.9 Å². The lowest BCUT2D eigenvalue weighted by atomic mass is 10.2. The summed E-state index contributed by atoms with van der Waals surface area (Å²) in [4.78, 5) is 12.0. The lowest BCUT2D eigenvalue weighted by Crippen LogP contribution is -2.11. The third-order valence-electron chi connectivity index (χ3n) is 3.60. The maximum Gasteiger partial charge on any atom is 0.160 e. The number of imidazole rings is 1. The predicted octanol–water partition coefficient (Wildman–Crippen LogP) is 4.65. The van der Waals surface area contributed by atoms with Crippen LogP contribution in [-0.4, -0.2) is 14.5 Å². The third-order valence-corrected chi connectivity index (χ3v) is 4.86. The number of pyridine rings is 1. The standard InChI is InChI=1S/C16H18ClN3S/c1-10-4-7-14-16(18-10)20(15(9-17)19-14)11(2)8-13-6-5-12(3)21-13/h4-7,11H,8-9H2,1-3H3. The molecule has 0 aliphatic heterocycles. The van der Waals surface area contributed by atoms with E-state index in [9.17, 15) is 0 Å². The summed E-state index contributed by atoms with van der Waals surface area (Å²) in [6.07, 6.45) is 0.976. The fourth-order valence-electron chi connectivity index (χ4n) is 2.65. The zero-order valence-corrected chi connectivity index (χ0v) is 14.0. The maximum absolute atomic E-state index is 6.09. The molecule has 0 amide bonds. The van der Waals surface area contributed by atoms with Crippen molar-refractivity contribution in [3.05, 3.63) is 45.5 Å². The molecule has 3 aromatic rings. The van der Waals surface area contributed by atoms with E-state index in [-0.39, 0.29) is 6.04 Å². The van der Waals surface area contributed by atoms with Gasteiger partial charge < -0.3 is 4.57 Å². The van der Waals surface area contributed by atoms with Crippen LogP contribution in [0.25, 0.3) is 11.2 Å². The molecule has 0 aliphatic rings. The molecule has 0 saturated heterocycles. The van der Waals surface area contributed by atoms with Gasteiger partial charge in [-0.3, -0.25) is 0 Å². The summed E-state index contributed by atoms with van der Waals surface area (Å²) in [6.45, 7) is 6.35. The fraction of sp³-hybridized carbons (Fsp3) is 0.375. The average molecular weight is 320 g/mol. The van der Waals surface area contributed by atoms with Crippen LogP contribution in [0.1, 0.15) is 34.2 Å². The molecule has 0 aliphatic carbocycles. The van der Waals surface area contributed by atoms with E-state index >= 15 is 0 Å². The van der Waals surface area contributed by atoms with Crippen LogP contribution in [0, 0.1) is 13.8 Å². The number of aromatic nitrogens is 3. The van der Waals surface area contributed by atoms with Gasteiger partial charge in [-0.1, -0.05) is 0 Å². The van der Waals surface area contributed by atoms with Gasteiger partial charge in [-0.05, 0) is 45.0 Å². The molecule has 5 heteroatoms. The Balaban J connectivity index is 2.02. The highest BCUT2D eigenvalue weighted by Crippen LogP contribution is 2.26. The molecule has 0 radical (unpaired) electrons. The summed E-state index contributed by atoms with van der Waals surface area (Å²) < 4.78 is 2.18. The van der Waals surface area contributed by atoms with E-state index in [0.717, 1.165) is 29.1 Å². The number of fused-ring (bicyclic) bond motifs is 1. The Kier molecular flexibility index (Phi) is 4.00. The van der Waals surface area contributed by atoms with Crippen LogP contribution in [0.15, 0.2) is 24.3 Å². The topological polar surface area (TPSA) is 30.7 Å². The molecule has 0 saturated carbocycles. The van der Waals surface area contributed by atoms with Gasteiger partial charge in [-0.25, -0.2) is 9.97 Å². The molecule has 3 heterocycles. The normalized spacial score (nSPS) is 13.0. The van der Waals surface area contributed by atoms with E-state index in [1.165, 1.54) is 9.75 Å². The number of aryl methyl sites for hydroxylation is 2. The van der Waals surface area contributed by atoms with Gasteiger partial charge in [-0.15, -0.1) is 22.9 Å². The van der Waals surface area contributed by atoms with Crippen molar-refractivity contribution in [2.24, 2.45) is 0 Å². The summed E-state index contributed by atoms with van der Waals surface area (Å²) in [7, 11) is 0. The quantitative estimate of drug-likeness (QED) is 0.655. The van der Waals surface area contributed by atoms with Crippen molar-refractivity contribution < 1.29 is 0 Å². The average Bonchev–Trinajstić information content (AvgIpc) is 3.01. The number of rotatable bonds is 4. The number of halogens is 1. The number of nitrogens with zero attached hydrogens (tertiary/aromatic N) is 3. The minimum atomic E-state index is 0.288. The Bertz CT molecular complexity index is 775. The Morgan fingerprint density at radius 2 is 2.00 bits per heavy atom. The molecule has 3 nitrogen and oxygen atoms in total. The van der Waals surface area contributed by atoms with Crippen LogP contribution in [0.5, 0.6) is 0 Å². The first-order valence-electron chi connectivity index (χ1n) is 7.04. The van der Waals surface area contributed by atoms with Gasteiger partial charge in [-0.2, -0.15) is 0 Å². The van der Waals surface area contributed by atoms with Gasteiger partial charge in [0.2, 0.25) is 0 Å². The summed E-state index contributed by atoms with van der Waals surface area (Å²) >= 11 is 7.93. The SMILES string of the molecule is Cc1ccc2nc(CCl)n(C(C)Cc3ccc(C)s3)c2n1. The fourth-order valence-corrected chi connectivity index (χ4v) is 3.85. The van der Waals surface area contributed by atoms with Gasteiger partial charge >= 0.3 is 0 Å². The van der Waals surface area contributed by atoms with Gasteiger partial charge in [0.15, 0.2) is 5.65 Å². The Hall–Kier alpha value is -1.39. The number of alkyl halides is 1. The van der Waals surface area contributed by atoms with Crippen molar-refractivity contribution in [2.45, 2.75) is 39.1 Å². The predicted molar refractivity (Wildman–Crippen MR) is 89.3 cm³/mol. The highest BCUT2D eigenvalue weighted by Gasteiger charge is 2.17. The molecule has 0 aromatic carbocycles. The molecule has 0 fully saturated rings. The van der Waals surface area contributed by atoms with Crippen molar-refractivity contribution in [1.29, 1.82) is 0 Å². The molecule has 0 N–H and O–H groups in total. The maximum atomic E-state index is 6.09. The van der Waals surface area contributed by atoms with E-state index < -0.39 is 0 Å². The minimum Gasteiger partial charge on any atom is -0.308 e.